The van der Waals surface area contributed by atoms with Gasteiger partial charge in [-0.2, -0.15) is 5.10 Å². The highest BCUT2D eigenvalue weighted by molar-refractivity contribution is 5.90. The van der Waals surface area contributed by atoms with Gasteiger partial charge in [0.15, 0.2) is 0 Å². The molecule has 1 N–H and O–H groups in total. The number of benzene rings is 2. The normalized spacial score (nSPS) is 11.1. The van der Waals surface area contributed by atoms with Crippen LogP contribution in [0.5, 0.6) is 0 Å². The van der Waals surface area contributed by atoms with E-state index >= 15 is 0 Å². The monoisotopic (exact) mass is 391 g/mol. The molecule has 0 bridgehead atoms. The van der Waals surface area contributed by atoms with Crippen molar-refractivity contribution in [3.05, 3.63) is 77.6 Å². The molecule has 0 fully saturated rings. The fourth-order valence-corrected chi connectivity index (χ4v) is 3.25. The molecule has 0 aliphatic rings. The molecule has 2 heterocycles. The summed E-state index contributed by atoms with van der Waals surface area (Å²) in [5.74, 6) is -0.382. The van der Waals surface area contributed by atoms with Crippen LogP contribution in [0, 0.1) is 19.7 Å². The van der Waals surface area contributed by atoms with Gasteiger partial charge in [0, 0.05) is 24.7 Å². The molecule has 1 amide bonds. The highest BCUT2D eigenvalue weighted by atomic mass is 19.1. The minimum atomic E-state index is -0.272. The number of amides is 1. The minimum Gasteiger partial charge on any atom is -0.330 e. The number of carbonyl (C=O) groups excluding carboxylic acids is 1. The number of nitrogens with one attached hydrogen (secondary N) is 1. The predicted molar refractivity (Wildman–Crippen MR) is 110 cm³/mol. The van der Waals surface area contributed by atoms with Gasteiger partial charge in [0.05, 0.1) is 35.8 Å². The van der Waals surface area contributed by atoms with E-state index in [4.69, 9.17) is 0 Å². The summed E-state index contributed by atoms with van der Waals surface area (Å²) in [6, 6.07) is 10.7. The van der Waals surface area contributed by atoms with E-state index in [0.29, 0.717) is 30.8 Å². The first-order valence-corrected chi connectivity index (χ1v) is 9.47. The quantitative estimate of drug-likeness (QED) is 0.539. The van der Waals surface area contributed by atoms with E-state index in [0.717, 1.165) is 11.0 Å². The van der Waals surface area contributed by atoms with Gasteiger partial charge in [-0.1, -0.05) is 18.2 Å². The molecule has 2 aromatic heterocycles. The number of aryl methyl sites for hydroxylation is 3. The zero-order chi connectivity index (χ0) is 20.4. The topological polar surface area (TPSA) is 64.7 Å². The van der Waals surface area contributed by atoms with Crippen LogP contribution in [-0.2, 0) is 17.9 Å². The van der Waals surface area contributed by atoms with Crippen molar-refractivity contribution in [1.82, 2.24) is 19.3 Å². The summed E-state index contributed by atoms with van der Waals surface area (Å²) in [4.78, 5) is 16.8. The molecule has 29 heavy (non-hydrogen) atoms. The number of halogens is 1. The largest absolute Gasteiger partial charge is 0.330 e. The van der Waals surface area contributed by atoms with E-state index < -0.39 is 0 Å². The third-order valence-electron chi connectivity index (χ3n) is 5.02. The molecule has 2 aromatic carbocycles. The van der Waals surface area contributed by atoms with Crippen LogP contribution in [0.25, 0.3) is 11.0 Å². The SMILES string of the molecule is Cc1cc2ncn(CCC(=O)Nc3cnn(Cc4ccccc4F)c3)c2cc1C. The second kappa shape index (κ2) is 7.87. The van der Waals surface area contributed by atoms with E-state index in [2.05, 4.69) is 41.4 Å². The molecule has 4 rings (SSSR count). The maximum Gasteiger partial charge on any atom is 0.226 e. The smallest absolute Gasteiger partial charge is 0.226 e. The van der Waals surface area contributed by atoms with E-state index in [9.17, 15) is 9.18 Å². The zero-order valence-corrected chi connectivity index (χ0v) is 16.4. The van der Waals surface area contributed by atoms with Gasteiger partial charge in [0.1, 0.15) is 5.82 Å². The molecule has 0 saturated heterocycles. The molecule has 0 unspecified atom stereocenters. The zero-order valence-electron chi connectivity index (χ0n) is 16.4. The average Bonchev–Trinajstić information content (AvgIpc) is 3.29. The van der Waals surface area contributed by atoms with Gasteiger partial charge in [0.2, 0.25) is 5.91 Å². The summed E-state index contributed by atoms with van der Waals surface area (Å²) in [6.45, 7) is 4.97. The van der Waals surface area contributed by atoms with Crippen molar-refractivity contribution in [3.8, 4) is 0 Å². The number of fused-ring (bicyclic) bond motifs is 1. The second-order valence-electron chi connectivity index (χ2n) is 7.18. The molecule has 0 radical (unpaired) electrons. The Morgan fingerprint density at radius 1 is 1.17 bits per heavy atom. The van der Waals surface area contributed by atoms with Crippen molar-refractivity contribution >= 4 is 22.6 Å². The Bertz CT molecular complexity index is 1180. The molecule has 0 atom stereocenters. The Morgan fingerprint density at radius 2 is 1.97 bits per heavy atom. The number of hydrogen-bond donors (Lipinski definition) is 1. The van der Waals surface area contributed by atoms with Gasteiger partial charge in [-0.05, 0) is 43.2 Å². The number of hydrogen-bond acceptors (Lipinski definition) is 3. The van der Waals surface area contributed by atoms with E-state index in [1.165, 1.54) is 17.2 Å². The number of carbonyl (C=O) groups is 1. The molecule has 4 aromatic rings. The minimum absolute atomic E-state index is 0.110. The lowest BCUT2D eigenvalue weighted by Gasteiger charge is -2.06. The van der Waals surface area contributed by atoms with E-state index in [1.807, 2.05) is 4.57 Å². The second-order valence-corrected chi connectivity index (χ2v) is 7.18. The molecule has 0 aliphatic heterocycles. The van der Waals surface area contributed by atoms with Crippen LogP contribution in [0.4, 0.5) is 10.1 Å². The summed E-state index contributed by atoms with van der Waals surface area (Å²) in [7, 11) is 0. The van der Waals surface area contributed by atoms with Crippen molar-refractivity contribution in [3.63, 3.8) is 0 Å². The van der Waals surface area contributed by atoms with E-state index in [1.54, 1.807) is 41.6 Å². The summed E-state index contributed by atoms with van der Waals surface area (Å²) < 4.78 is 17.4. The van der Waals surface area contributed by atoms with Gasteiger partial charge in [-0.25, -0.2) is 9.37 Å². The number of anilines is 1. The molecular formula is C22H22FN5O. The van der Waals surface area contributed by atoms with Gasteiger partial charge >= 0.3 is 0 Å². The molecule has 0 saturated carbocycles. The molecular weight excluding hydrogens is 369 g/mol. The molecule has 0 aliphatic carbocycles. The molecule has 0 spiro atoms. The van der Waals surface area contributed by atoms with Gasteiger partial charge in [-0.3, -0.25) is 9.48 Å². The van der Waals surface area contributed by atoms with Crippen LogP contribution in [0.2, 0.25) is 0 Å². The lowest BCUT2D eigenvalue weighted by Crippen LogP contribution is -2.14. The molecule has 7 heteroatoms. The Labute approximate surface area is 168 Å². The van der Waals surface area contributed by atoms with Crippen molar-refractivity contribution in [2.75, 3.05) is 5.32 Å². The van der Waals surface area contributed by atoms with Crippen LogP contribution in [-0.4, -0.2) is 25.2 Å². The van der Waals surface area contributed by atoms with Crippen LogP contribution in [0.15, 0.2) is 55.1 Å². The van der Waals surface area contributed by atoms with Gasteiger partial charge in [0.25, 0.3) is 0 Å². The number of aromatic nitrogens is 4. The summed E-state index contributed by atoms with van der Waals surface area (Å²) >= 11 is 0. The first-order chi connectivity index (χ1) is 14.0. The van der Waals surface area contributed by atoms with Crippen LogP contribution in [0.3, 0.4) is 0 Å². The van der Waals surface area contributed by atoms with Gasteiger partial charge in [-0.15, -0.1) is 0 Å². The molecule has 6 nitrogen and oxygen atoms in total. The summed E-state index contributed by atoms with van der Waals surface area (Å²) in [5.41, 5.74) is 5.50. The van der Waals surface area contributed by atoms with Crippen molar-refractivity contribution in [2.45, 2.75) is 33.4 Å². The van der Waals surface area contributed by atoms with Gasteiger partial charge < -0.3 is 9.88 Å². The van der Waals surface area contributed by atoms with E-state index in [-0.39, 0.29) is 11.7 Å². The summed E-state index contributed by atoms with van der Waals surface area (Å²) in [6.07, 6.45) is 5.35. The van der Waals surface area contributed by atoms with Crippen molar-refractivity contribution < 1.29 is 9.18 Å². The first kappa shape index (κ1) is 18.9. The third kappa shape index (κ3) is 4.18. The van der Waals surface area contributed by atoms with Crippen molar-refractivity contribution in [2.24, 2.45) is 0 Å². The van der Waals surface area contributed by atoms with Crippen LogP contribution < -0.4 is 5.32 Å². The number of rotatable bonds is 6. The van der Waals surface area contributed by atoms with Crippen LogP contribution >= 0.6 is 0 Å². The predicted octanol–water partition coefficient (Wildman–Crippen LogP) is 4.07. The number of nitrogens with zero attached hydrogens (tertiary/aromatic N) is 4. The Balaban J connectivity index is 1.36. The Hall–Kier alpha value is -3.48. The third-order valence-corrected chi connectivity index (χ3v) is 5.02. The van der Waals surface area contributed by atoms with Crippen molar-refractivity contribution in [1.29, 1.82) is 0 Å². The highest BCUT2D eigenvalue weighted by Crippen LogP contribution is 2.19. The number of imidazole rings is 1. The maximum atomic E-state index is 13.8. The summed E-state index contributed by atoms with van der Waals surface area (Å²) in [5, 5.41) is 7.04. The Morgan fingerprint density at radius 3 is 2.79 bits per heavy atom. The first-order valence-electron chi connectivity index (χ1n) is 9.47. The maximum absolute atomic E-state index is 13.8. The average molecular weight is 391 g/mol. The molecule has 148 valence electrons. The lowest BCUT2D eigenvalue weighted by atomic mass is 10.1. The highest BCUT2D eigenvalue weighted by Gasteiger charge is 2.09. The fraction of sp³-hybridized carbons (Fsp3) is 0.227. The standard InChI is InChI=1S/C22H22FN5O/c1-15-9-20-21(10-16(15)2)27(14-24-20)8-7-22(29)26-18-11-25-28(13-18)12-17-5-3-4-6-19(17)23/h3-6,9-11,13-14H,7-8,12H2,1-2H3,(H,26,29). The lowest BCUT2D eigenvalue weighted by molar-refractivity contribution is -0.116. The fourth-order valence-electron chi connectivity index (χ4n) is 3.25. The Kier molecular flexibility index (Phi) is 5.12. The van der Waals surface area contributed by atoms with Crippen LogP contribution in [0.1, 0.15) is 23.1 Å².